The van der Waals surface area contributed by atoms with E-state index in [-0.39, 0.29) is 17.2 Å². The van der Waals surface area contributed by atoms with Gasteiger partial charge in [-0.25, -0.2) is 4.98 Å². The van der Waals surface area contributed by atoms with Gasteiger partial charge in [0.05, 0.1) is 23.6 Å². The molecule has 8 nitrogen and oxygen atoms in total. The first-order valence-corrected chi connectivity index (χ1v) is 15.5. The van der Waals surface area contributed by atoms with Gasteiger partial charge in [-0.05, 0) is 73.9 Å². The standard InChI is InChI=1S/C30H27N3O3S2.C3H7NO/c1-4-36-23-14-12-22(13-15-23)31-27(34)18-37-30-32-24-17-26(21-8-6-5-7-9-21)38-28(24)29(35)33(30)25-16-19(2)10-11-20(25)3;1-4(2)3-5/h5-17H,4,18H2,1-3H3,(H,31,34);3H,1-2H3. The normalized spacial score (nSPS) is 10.5. The van der Waals surface area contributed by atoms with Gasteiger partial charge >= 0.3 is 0 Å². The quantitative estimate of drug-likeness (QED) is 0.115. The lowest BCUT2D eigenvalue weighted by Gasteiger charge is -2.15. The Morgan fingerprint density at radius 3 is 2.40 bits per heavy atom. The molecule has 0 saturated heterocycles. The van der Waals surface area contributed by atoms with E-state index in [9.17, 15) is 14.4 Å². The van der Waals surface area contributed by atoms with Gasteiger partial charge in [-0.15, -0.1) is 11.3 Å². The molecule has 5 rings (SSSR count). The maximum atomic E-state index is 13.9. The van der Waals surface area contributed by atoms with Gasteiger partial charge in [0.1, 0.15) is 10.4 Å². The third kappa shape index (κ3) is 8.12. The first kappa shape index (κ1) is 31.5. The van der Waals surface area contributed by atoms with E-state index in [0.29, 0.717) is 27.7 Å². The fourth-order valence-electron chi connectivity index (χ4n) is 4.10. The second kappa shape index (κ2) is 14.7. The fourth-order valence-corrected chi connectivity index (χ4v) is 5.94. The van der Waals surface area contributed by atoms with E-state index in [4.69, 9.17) is 9.72 Å². The topological polar surface area (TPSA) is 93.5 Å². The number of nitrogens with one attached hydrogen (secondary N) is 1. The lowest BCUT2D eigenvalue weighted by molar-refractivity contribution is -0.116. The number of rotatable bonds is 9. The van der Waals surface area contributed by atoms with Crippen LogP contribution in [0.4, 0.5) is 5.69 Å². The van der Waals surface area contributed by atoms with Crippen LogP contribution < -0.4 is 15.6 Å². The van der Waals surface area contributed by atoms with E-state index in [2.05, 4.69) is 5.32 Å². The highest BCUT2D eigenvalue weighted by molar-refractivity contribution is 7.99. The van der Waals surface area contributed by atoms with Crippen molar-refractivity contribution in [2.24, 2.45) is 0 Å². The first-order valence-electron chi connectivity index (χ1n) is 13.7. The summed E-state index contributed by atoms with van der Waals surface area (Å²) in [4.78, 5) is 43.4. The van der Waals surface area contributed by atoms with E-state index in [1.54, 1.807) is 30.8 Å². The minimum Gasteiger partial charge on any atom is -0.494 e. The summed E-state index contributed by atoms with van der Waals surface area (Å²) in [6.07, 6.45) is 0.750. The molecule has 0 aliphatic carbocycles. The number of thiophene rings is 1. The molecule has 0 aliphatic rings. The first-order chi connectivity index (χ1) is 20.7. The number of amides is 2. The van der Waals surface area contributed by atoms with Gasteiger partial charge in [-0.2, -0.15) is 0 Å². The summed E-state index contributed by atoms with van der Waals surface area (Å²) in [6, 6.07) is 25.2. The van der Waals surface area contributed by atoms with Gasteiger partial charge in [0.25, 0.3) is 5.56 Å². The molecule has 3 aromatic carbocycles. The Bertz CT molecular complexity index is 1760. The molecule has 0 atom stereocenters. The van der Waals surface area contributed by atoms with Gasteiger partial charge in [0.2, 0.25) is 12.3 Å². The molecule has 0 fully saturated rings. The molecule has 5 aromatic rings. The molecule has 0 bridgehead atoms. The summed E-state index contributed by atoms with van der Waals surface area (Å²) in [7, 11) is 3.38. The molecule has 0 radical (unpaired) electrons. The molecular weight excluding hydrogens is 581 g/mol. The number of anilines is 1. The zero-order valence-electron chi connectivity index (χ0n) is 24.8. The summed E-state index contributed by atoms with van der Waals surface area (Å²) < 4.78 is 7.70. The highest BCUT2D eigenvalue weighted by Gasteiger charge is 2.19. The smallest absolute Gasteiger partial charge is 0.276 e. The second-order valence-electron chi connectivity index (χ2n) is 9.88. The zero-order chi connectivity index (χ0) is 30.9. The van der Waals surface area contributed by atoms with Crippen molar-refractivity contribution in [2.45, 2.75) is 25.9 Å². The summed E-state index contributed by atoms with van der Waals surface area (Å²) in [5.41, 5.74) is 4.99. The van der Waals surface area contributed by atoms with E-state index >= 15 is 0 Å². The summed E-state index contributed by atoms with van der Waals surface area (Å²) >= 11 is 2.69. The number of carbonyl (C=O) groups excluding carboxylic acids is 2. The fraction of sp³-hybridized carbons (Fsp3) is 0.212. The number of carbonyl (C=O) groups is 2. The second-order valence-corrected chi connectivity index (χ2v) is 11.9. The van der Waals surface area contributed by atoms with Crippen molar-refractivity contribution in [2.75, 3.05) is 31.8 Å². The predicted molar refractivity (Wildman–Crippen MR) is 177 cm³/mol. The average molecular weight is 615 g/mol. The Balaban J connectivity index is 0.000000782. The van der Waals surface area contributed by atoms with Crippen LogP contribution in [0.5, 0.6) is 5.75 Å². The van der Waals surface area contributed by atoms with E-state index in [0.717, 1.165) is 39.4 Å². The minimum absolute atomic E-state index is 0.103. The van der Waals surface area contributed by atoms with Crippen molar-refractivity contribution in [3.05, 3.63) is 100 Å². The maximum Gasteiger partial charge on any atom is 0.276 e. The minimum atomic E-state index is -0.184. The molecule has 0 aliphatic heterocycles. The molecule has 10 heteroatoms. The molecule has 1 N–H and O–H groups in total. The molecule has 0 spiro atoms. The van der Waals surface area contributed by atoms with Crippen LogP contribution in [0.1, 0.15) is 18.1 Å². The van der Waals surface area contributed by atoms with Gasteiger partial charge < -0.3 is 15.0 Å². The third-order valence-corrected chi connectivity index (χ3v) is 8.27. The largest absolute Gasteiger partial charge is 0.494 e. The Kier molecular flexibility index (Phi) is 10.7. The van der Waals surface area contributed by atoms with Gasteiger partial charge in [0.15, 0.2) is 5.16 Å². The Morgan fingerprint density at radius 1 is 1.05 bits per heavy atom. The SMILES string of the molecule is CCOc1ccc(NC(=O)CSc2nc3cc(-c4ccccc4)sc3c(=O)n2-c2cc(C)ccc2C)cc1.CN(C)C=O. The molecule has 0 saturated carbocycles. The summed E-state index contributed by atoms with van der Waals surface area (Å²) in [6.45, 7) is 6.48. The number of fused-ring (bicyclic) bond motifs is 1. The van der Waals surface area contributed by atoms with Crippen LogP contribution in [-0.4, -0.2) is 53.2 Å². The van der Waals surface area contributed by atoms with Crippen LogP contribution in [0.3, 0.4) is 0 Å². The van der Waals surface area contributed by atoms with E-state index < -0.39 is 0 Å². The van der Waals surface area contributed by atoms with E-state index in [1.165, 1.54) is 28.0 Å². The van der Waals surface area contributed by atoms with Gasteiger partial charge in [0, 0.05) is 24.7 Å². The molecule has 2 heterocycles. The lowest BCUT2D eigenvalue weighted by Crippen LogP contribution is -2.23. The Morgan fingerprint density at radius 2 is 1.74 bits per heavy atom. The van der Waals surface area contributed by atoms with Crippen LogP contribution in [-0.2, 0) is 9.59 Å². The number of aromatic nitrogens is 2. The molecular formula is C33H34N4O4S2. The number of hydrogen-bond donors (Lipinski definition) is 1. The molecule has 2 aromatic heterocycles. The van der Waals surface area contributed by atoms with Crippen LogP contribution >= 0.6 is 23.1 Å². The van der Waals surface area contributed by atoms with Crippen LogP contribution in [0, 0.1) is 13.8 Å². The molecule has 0 unspecified atom stereocenters. The highest BCUT2D eigenvalue weighted by atomic mass is 32.2. The van der Waals surface area contributed by atoms with Gasteiger partial charge in [-0.1, -0.05) is 54.2 Å². The average Bonchev–Trinajstić information content (AvgIpc) is 3.44. The van der Waals surface area contributed by atoms with Crippen molar-refractivity contribution in [1.82, 2.24) is 14.5 Å². The van der Waals surface area contributed by atoms with Crippen LogP contribution in [0.15, 0.2) is 88.8 Å². The van der Waals surface area contributed by atoms with Crippen molar-refractivity contribution in [3.63, 3.8) is 0 Å². The Labute approximate surface area is 259 Å². The predicted octanol–water partition coefficient (Wildman–Crippen LogP) is 6.56. The zero-order valence-corrected chi connectivity index (χ0v) is 26.4. The van der Waals surface area contributed by atoms with E-state index in [1.807, 2.05) is 87.5 Å². The monoisotopic (exact) mass is 614 g/mol. The number of nitrogens with zero attached hydrogens (tertiary/aromatic N) is 3. The number of thioether (sulfide) groups is 1. The van der Waals surface area contributed by atoms with Crippen molar-refractivity contribution >= 4 is 51.3 Å². The van der Waals surface area contributed by atoms with Crippen molar-refractivity contribution < 1.29 is 14.3 Å². The highest BCUT2D eigenvalue weighted by Crippen LogP contribution is 2.33. The molecule has 2 amide bonds. The van der Waals surface area contributed by atoms with Crippen molar-refractivity contribution in [1.29, 1.82) is 0 Å². The van der Waals surface area contributed by atoms with Crippen LogP contribution in [0.2, 0.25) is 0 Å². The molecule has 222 valence electrons. The third-order valence-electron chi connectivity index (χ3n) is 6.17. The lowest BCUT2D eigenvalue weighted by atomic mass is 10.1. The number of ether oxygens (including phenoxy) is 1. The summed E-state index contributed by atoms with van der Waals surface area (Å²) in [5.74, 6) is 0.669. The number of aryl methyl sites for hydroxylation is 2. The van der Waals surface area contributed by atoms with Crippen LogP contribution in [0.25, 0.3) is 26.3 Å². The number of benzene rings is 3. The maximum absolute atomic E-state index is 13.9. The Hall–Kier alpha value is -4.41. The molecule has 43 heavy (non-hydrogen) atoms. The van der Waals surface area contributed by atoms with Crippen molar-refractivity contribution in [3.8, 4) is 21.9 Å². The summed E-state index contributed by atoms with van der Waals surface area (Å²) in [5, 5.41) is 3.39. The van der Waals surface area contributed by atoms with Gasteiger partial charge in [-0.3, -0.25) is 19.0 Å². The number of hydrogen-bond acceptors (Lipinski definition) is 7.